The third kappa shape index (κ3) is 5.47. The maximum absolute atomic E-state index is 11.4. The molecule has 4 heteroatoms. The van der Waals surface area contributed by atoms with Crippen LogP contribution in [0.15, 0.2) is 54.6 Å². The largest absolute Gasteiger partial charge is 1.00 e. The summed E-state index contributed by atoms with van der Waals surface area (Å²) in [5.74, 6) is 0.477. The minimum atomic E-state index is -0.336. The van der Waals surface area contributed by atoms with Crippen LogP contribution in [0.2, 0.25) is 0 Å². The summed E-state index contributed by atoms with van der Waals surface area (Å²) in [7, 11) is 1.37. The summed E-state index contributed by atoms with van der Waals surface area (Å²) in [5, 5.41) is 0. The molecule has 0 N–H and O–H groups in total. The minimum Gasteiger partial charge on any atom is -0.517 e. The van der Waals surface area contributed by atoms with Gasteiger partial charge in [-0.05, 0) is 29.8 Å². The van der Waals surface area contributed by atoms with Crippen molar-refractivity contribution >= 4 is 5.97 Å². The number of methoxy groups -OCH3 is 1. The standard InChI is InChI=1S/C17H17O3.Cs/c1-3-16(20-15-7-5-4-6-8-15)13-9-11-14(12-10-13)17(18)19-2;/h3-12,16H,1-2H3;/q-1;+1. The second kappa shape index (κ2) is 9.71. The van der Waals surface area contributed by atoms with Gasteiger partial charge in [0.15, 0.2) is 0 Å². The Morgan fingerprint density at radius 1 is 1.05 bits per heavy atom. The summed E-state index contributed by atoms with van der Waals surface area (Å²) in [6.45, 7) is 1.95. The molecule has 0 radical (unpaired) electrons. The van der Waals surface area contributed by atoms with E-state index in [1.807, 2.05) is 55.8 Å². The molecule has 2 rings (SSSR count). The average Bonchev–Trinajstić information content (AvgIpc) is 2.53. The maximum Gasteiger partial charge on any atom is 1.00 e. The molecule has 1 atom stereocenters. The fourth-order valence-corrected chi connectivity index (χ4v) is 1.90. The molecule has 104 valence electrons. The Bertz CT molecular complexity index is 552. The molecule has 0 amide bonds. The van der Waals surface area contributed by atoms with Crippen LogP contribution in [0.1, 0.15) is 28.9 Å². The molecule has 0 aliphatic carbocycles. The van der Waals surface area contributed by atoms with E-state index in [1.54, 1.807) is 12.1 Å². The summed E-state index contributed by atoms with van der Waals surface area (Å²) >= 11 is 0. The first-order valence-electron chi connectivity index (χ1n) is 6.44. The van der Waals surface area contributed by atoms with Crippen LogP contribution >= 0.6 is 0 Å². The Labute approximate surface area is 184 Å². The molecule has 0 bridgehead atoms. The summed E-state index contributed by atoms with van der Waals surface area (Å²) in [6.07, 6.45) is 1.82. The van der Waals surface area contributed by atoms with Gasteiger partial charge in [0.25, 0.3) is 0 Å². The predicted octanol–water partition coefficient (Wildman–Crippen LogP) is 0.821. The van der Waals surface area contributed by atoms with Gasteiger partial charge < -0.3 is 9.47 Å². The SMILES string of the molecule is C[CH-]C(Oc1ccccc1)c1ccc(C(=O)OC)cc1.[Cs+]. The van der Waals surface area contributed by atoms with Gasteiger partial charge in [-0.1, -0.05) is 30.3 Å². The molecule has 21 heavy (non-hydrogen) atoms. The predicted molar refractivity (Wildman–Crippen MR) is 77.6 cm³/mol. The van der Waals surface area contributed by atoms with E-state index in [4.69, 9.17) is 4.74 Å². The van der Waals surface area contributed by atoms with Crippen molar-refractivity contribution < 1.29 is 83.2 Å². The summed E-state index contributed by atoms with van der Waals surface area (Å²) in [6, 6.07) is 16.9. The molecule has 0 heterocycles. The van der Waals surface area contributed by atoms with Gasteiger partial charge in [0.05, 0.1) is 12.7 Å². The van der Waals surface area contributed by atoms with E-state index >= 15 is 0 Å². The van der Waals surface area contributed by atoms with Crippen LogP contribution in [0.25, 0.3) is 0 Å². The molecule has 0 aliphatic rings. The van der Waals surface area contributed by atoms with E-state index in [0.29, 0.717) is 5.56 Å². The van der Waals surface area contributed by atoms with Crippen molar-refractivity contribution in [2.75, 3.05) is 7.11 Å². The van der Waals surface area contributed by atoms with Gasteiger partial charge in [-0.3, -0.25) is 6.42 Å². The van der Waals surface area contributed by atoms with Crippen LogP contribution in [0, 0.1) is 6.42 Å². The molecule has 1 unspecified atom stereocenters. The quantitative estimate of drug-likeness (QED) is 0.549. The number of hydrogen-bond acceptors (Lipinski definition) is 3. The number of rotatable bonds is 5. The zero-order chi connectivity index (χ0) is 14.4. The summed E-state index contributed by atoms with van der Waals surface area (Å²) < 4.78 is 10.6. The van der Waals surface area contributed by atoms with Gasteiger partial charge in [0, 0.05) is 6.10 Å². The molecule has 0 spiro atoms. The number of hydrogen-bond donors (Lipinski definition) is 0. The van der Waals surface area contributed by atoms with E-state index in [1.165, 1.54) is 7.11 Å². The number of ether oxygens (including phenoxy) is 2. The van der Waals surface area contributed by atoms with Crippen molar-refractivity contribution in [3.63, 3.8) is 0 Å². The third-order valence-corrected chi connectivity index (χ3v) is 2.97. The molecule has 0 aliphatic heterocycles. The number of carbonyl (C=O) groups excluding carboxylic acids is 1. The Kier molecular flexibility index (Phi) is 8.70. The van der Waals surface area contributed by atoms with Crippen LogP contribution in [0.3, 0.4) is 0 Å². The smallest absolute Gasteiger partial charge is 0.517 e. The Balaban J connectivity index is 0.00000220. The van der Waals surface area contributed by atoms with Gasteiger partial charge in [0.2, 0.25) is 0 Å². The van der Waals surface area contributed by atoms with Crippen molar-refractivity contribution in [1.29, 1.82) is 0 Å². The number of para-hydroxylation sites is 1. The normalized spacial score (nSPS) is 11.1. The Hall–Kier alpha value is -0.238. The molecular formula is C17H17CsO3. The van der Waals surface area contributed by atoms with Crippen molar-refractivity contribution in [3.05, 3.63) is 72.1 Å². The van der Waals surface area contributed by atoms with Gasteiger partial charge in [0.1, 0.15) is 5.75 Å². The minimum absolute atomic E-state index is 0. The van der Waals surface area contributed by atoms with Crippen LogP contribution in [0.4, 0.5) is 0 Å². The Morgan fingerprint density at radius 2 is 1.67 bits per heavy atom. The van der Waals surface area contributed by atoms with Gasteiger partial charge in [-0.2, -0.15) is 6.92 Å². The molecule has 3 nitrogen and oxygen atoms in total. The van der Waals surface area contributed by atoms with Gasteiger partial charge >= 0.3 is 74.9 Å². The molecule has 0 saturated heterocycles. The maximum atomic E-state index is 11.4. The molecule has 2 aromatic rings. The number of carbonyl (C=O) groups is 1. The Morgan fingerprint density at radius 3 is 2.19 bits per heavy atom. The van der Waals surface area contributed by atoms with E-state index < -0.39 is 0 Å². The molecule has 0 aromatic heterocycles. The van der Waals surface area contributed by atoms with Gasteiger partial charge in [-0.25, -0.2) is 4.79 Å². The van der Waals surface area contributed by atoms with E-state index in [0.717, 1.165) is 11.3 Å². The van der Waals surface area contributed by atoms with E-state index in [9.17, 15) is 4.79 Å². The topological polar surface area (TPSA) is 35.5 Å². The van der Waals surface area contributed by atoms with Crippen LogP contribution in [0.5, 0.6) is 5.75 Å². The van der Waals surface area contributed by atoms with Crippen molar-refractivity contribution in [2.24, 2.45) is 0 Å². The second-order valence-corrected chi connectivity index (χ2v) is 4.30. The third-order valence-electron chi connectivity index (χ3n) is 2.97. The first-order valence-corrected chi connectivity index (χ1v) is 6.44. The average molecular weight is 402 g/mol. The van der Waals surface area contributed by atoms with Crippen molar-refractivity contribution in [3.8, 4) is 5.75 Å². The first kappa shape index (κ1) is 18.8. The van der Waals surface area contributed by atoms with Crippen molar-refractivity contribution in [2.45, 2.75) is 13.0 Å². The summed E-state index contributed by atoms with van der Waals surface area (Å²) in [4.78, 5) is 11.4. The van der Waals surface area contributed by atoms with Crippen LogP contribution in [-0.2, 0) is 4.74 Å². The van der Waals surface area contributed by atoms with E-state index in [-0.39, 0.29) is 81.0 Å². The number of esters is 1. The van der Waals surface area contributed by atoms with Crippen molar-refractivity contribution in [1.82, 2.24) is 0 Å². The van der Waals surface area contributed by atoms with E-state index in [2.05, 4.69) is 4.74 Å². The monoisotopic (exact) mass is 402 g/mol. The molecular weight excluding hydrogens is 385 g/mol. The zero-order valence-electron chi connectivity index (χ0n) is 12.6. The van der Waals surface area contributed by atoms with Crippen LogP contribution < -0.4 is 73.6 Å². The zero-order valence-corrected chi connectivity index (χ0v) is 18.9. The van der Waals surface area contributed by atoms with Gasteiger partial charge in [-0.15, -0.1) is 0 Å². The fourth-order valence-electron chi connectivity index (χ4n) is 1.90. The number of benzene rings is 2. The fraction of sp³-hybridized carbons (Fsp3) is 0.176. The first-order chi connectivity index (χ1) is 9.74. The summed E-state index contributed by atoms with van der Waals surface area (Å²) in [5.41, 5.74) is 1.52. The van der Waals surface area contributed by atoms with Crippen LogP contribution in [-0.4, -0.2) is 13.1 Å². The molecule has 0 fully saturated rings. The second-order valence-electron chi connectivity index (χ2n) is 4.30. The molecule has 0 saturated carbocycles. The molecule has 2 aromatic carbocycles.